The van der Waals surface area contributed by atoms with Crippen LogP contribution in [0, 0.1) is 18.3 Å². The molecule has 1 aromatic carbocycles. The van der Waals surface area contributed by atoms with Gasteiger partial charge < -0.3 is 5.11 Å². The number of rotatable bonds is 4. The highest BCUT2D eigenvalue weighted by atomic mass is 32.2. The van der Waals surface area contributed by atoms with Crippen LogP contribution in [-0.2, 0) is 4.79 Å². The zero-order chi connectivity index (χ0) is 13.8. The second kappa shape index (κ2) is 5.54. The Morgan fingerprint density at radius 3 is 2.68 bits per heavy atom. The highest BCUT2D eigenvalue weighted by Gasteiger charge is 2.12. The molecule has 1 aromatic heterocycles. The highest BCUT2D eigenvalue weighted by Crippen LogP contribution is 2.21. The summed E-state index contributed by atoms with van der Waals surface area (Å²) in [6.07, 6.45) is 0. The Morgan fingerprint density at radius 2 is 2.11 bits per heavy atom. The maximum absolute atomic E-state index is 10.6. The van der Waals surface area contributed by atoms with Crippen LogP contribution in [0.15, 0.2) is 29.4 Å². The summed E-state index contributed by atoms with van der Waals surface area (Å²) in [5.41, 5.74) is 1.36. The highest BCUT2D eigenvalue weighted by molar-refractivity contribution is 7.99. The molecule has 6 nitrogen and oxygen atoms in total. The molecule has 0 amide bonds. The van der Waals surface area contributed by atoms with Gasteiger partial charge in [-0.1, -0.05) is 11.8 Å². The SMILES string of the molecule is Cc1nnc(SCC(=O)O)n1-c1ccc(C#N)cc1. The number of nitrogens with zero attached hydrogens (tertiary/aromatic N) is 4. The Labute approximate surface area is 113 Å². The molecule has 0 aliphatic heterocycles. The minimum atomic E-state index is -0.906. The quantitative estimate of drug-likeness (QED) is 0.852. The second-order valence-corrected chi connectivity index (χ2v) is 4.65. The summed E-state index contributed by atoms with van der Waals surface area (Å²) >= 11 is 1.11. The lowest BCUT2D eigenvalue weighted by Crippen LogP contribution is -2.03. The number of hydrogen-bond acceptors (Lipinski definition) is 5. The van der Waals surface area contributed by atoms with Crippen LogP contribution in [0.4, 0.5) is 0 Å². The van der Waals surface area contributed by atoms with Crippen LogP contribution in [0.25, 0.3) is 5.69 Å². The molecule has 0 radical (unpaired) electrons. The van der Waals surface area contributed by atoms with Crippen molar-refractivity contribution in [3.8, 4) is 11.8 Å². The number of nitriles is 1. The van der Waals surface area contributed by atoms with Gasteiger partial charge in [-0.3, -0.25) is 9.36 Å². The van der Waals surface area contributed by atoms with Gasteiger partial charge in [0.15, 0.2) is 5.16 Å². The van der Waals surface area contributed by atoms with E-state index in [9.17, 15) is 4.79 Å². The number of benzene rings is 1. The normalized spacial score (nSPS) is 10.1. The smallest absolute Gasteiger partial charge is 0.313 e. The molecule has 0 bridgehead atoms. The van der Waals surface area contributed by atoms with Gasteiger partial charge in [-0.05, 0) is 31.2 Å². The Bertz CT molecular complexity index is 643. The van der Waals surface area contributed by atoms with Gasteiger partial charge in [-0.25, -0.2) is 0 Å². The molecule has 0 saturated carbocycles. The molecule has 19 heavy (non-hydrogen) atoms. The van der Waals surface area contributed by atoms with E-state index < -0.39 is 5.97 Å². The molecule has 1 N–H and O–H groups in total. The second-order valence-electron chi connectivity index (χ2n) is 3.71. The summed E-state index contributed by atoms with van der Waals surface area (Å²) in [6, 6.07) is 8.99. The third-order valence-corrected chi connectivity index (χ3v) is 3.29. The fraction of sp³-hybridized carbons (Fsp3) is 0.167. The molecule has 96 valence electrons. The molecule has 0 saturated heterocycles. The van der Waals surface area contributed by atoms with Crippen LogP contribution in [0.5, 0.6) is 0 Å². The zero-order valence-corrected chi connectivity index (χ0v) is 10.9. The summed E-state index contributed by atoms with van der Waals surface area (Å²) in [5, 5.41) is 25.9. The molecule has 0 aliphatic rings. The summed E-state index contributed by atoms with van der Waals surface area (Å²) in [5.74, 6) is -0.316. The van der Waals surface area contributed by atoms with E-state index in [0.29, 0.717) is 16.5 Å². The van der Waals surface area contributed by atoms with Crippen molar-refractivity contribution in [3.63, 3.8) is 0 Å². The number of hydrogen-bond donors (Lipinski definition) is 1. The molecular formula is C12H10N4O2S. The zero-order valence-electron chi connectivity index (χ0n) is 10.1. The Hall–Kier alpha value is -2.33. The summed E-state index contributed by atoms with van der Waals surface area (Å²) in [4.78, 5) is 10.6. The number of thioether (sulfide) groups is 1. The van der Waals surface area contributed by atoms with Crippen molar-refractivity contribution >= 4 is 17.7 Å². The van der Waals surface area contributed by atoms with Crippen molar-refractivity contribution in [2.45, 2.75) is 12.1 Å². The number of aliphatic carboxylic acids is 1. The maximum Gasteiger partial charge on any atom is 0.313 e. The Kier molecular flexibility index (Phi) is 3.82. The molecule has 0 aliphatic carbocycles. The summed E-state index contributed by atoms with van der Waals surface area (Å²) in [6.45, 7) is 1.79. The largest absolute Gasteiger partial charge is 0.481 e. The number of aryl methyl sites for hydroxylation is 1. The lowest BCUT2D eigenvalue weighted by atomic mass is 10.2. The minimum absolute atomic E-state index is 0.0750. The van der Waals surface area contributed by atoms with E-state index in [1.807, 2.05) is 6.07 Å². The lowest BCUT2D eigenvalue weighted by molar-refractivity contribution is -0.133. The average molecular weight is 274 g/mol. The van der Waals surface area contributed by atoms with Crippen molar-refractivity contribution in [3.05, 3.63) is 35.7 Å². The molecule has 2 aromatic rings. The van der Waals surface area contributed by atoms with E-state index in [1.165, 1.54) is 0 Å². The van der Waals surface area contributed by atoms with Gasteiger partial charge in [0.05, 0.1) is 17.4 Å². The van der Waals surface area contributed by atoms with E-state index in [2.05, 4.69) is 10.2 Å². The molecule has 0 unspecified atom stereocenters. The third-order valence-electron chi connectivity index (χ3n) is 2.37. The number of carbonyl (C=O) groups is 1. The Morgan fingerprint density at radius 1 is 1.42 bits per heavy atom. The van der Waals surface area contributed by atoms with Gasteiger partial charge in [0.25, 0.3) is 0 Å². The molecule has 2 rings (SSSR count). The standard InChI is InChI=1S/C12H10N4O2S/c1-8-14-15-12(19-7-11(17)18)16(8)10-4-2-9(6-13)3-5-10/h2-5H,7H2,1H3,(H,17,18). The van der Waals surface area contributed by atoms with Crippen LogP contribution in [0.2, 0.25) is 0 Å². The predicted molar refractivity (Wildman–Crippen MR) is 69.2 cm³/mol. The van der Waals surface area contributed by atoms with E-state index in [0.717, 1.165) is 17.4 Å². The third kappa shape index (κ3) is 2.92. The van der Waals surface area contributed by atoms with Gasteiger partial charge in [0, 0.05) is 5.69 Å². The predicted octanol–water partition coefficient (Wildman–Crippen LogP) is 1.62. The first kappa shape index (κ1) is 13.1. The number of aromatic nitrogens is 3. The van der Waals surface area contributed by atoms with Crippen molar-refractivity contribution in [2.75, 3.05) is 5.75 Å². The van der Waals surface area contributed by atoms with Crippen molar-refractivity contribution in [1.82, 2.24) is 14.8 Å². The molecule has 0 atom stereocenters. The first-order chi connectivity index (χ1) is 9.11. The van der Waals surface area contributed by atoms with Crippen LogP contribution in [0.3, 0.4) is 0 Å². The van der Waals surface area contributed by atoms with Gasteiger partial charge in [0.2, 0.25) is 0 Å². The fourth-order valence-corrected chi connectivity index (χ4v) is 2.26. The van der Waals surface area contributed by atoms with Crippen molar-refractivity contribution < 1.29 is 9.90 Å². The topological polar surface area (TPSA) is 91.8 Å². The van der Waals surface area contributed by atoms with Crippen LogP contribution in [0.1, 0.15) is 11.4 Å². The van der Waals surface area contributed by atoms with Gasteiger partial charge >= 0.3 is 5.97 Å². The van der Waals surface area contributed by atoms with E-state index in [4.69, 9.17) is 10.4 Å². The van der Waals surface area contributed by atoms with Crippen molar-refractivity contribution in [2.24, 2.45) is 0 Å². The van der Waals surface area contributed by atoms with Gasteiger partial charge in [-0.15, -0.1) is 10.2 Å². The molecular weight excluding hydrogens is 264 g/mol. The molecule has 0 spiro atoms. The first-order valence-electron chi connectivity index (χ1n) is 5.39. The minimum Gasteiger partial charge on any atom is -0.481 e. The summed E-state index contributed by atoms with van der Waals surface area (Å²) in [7, 11) is 0. The average Bonchev–Trinajstić information content (AvgIpc) is 2.78. The molecule has 1 heterocycles. The first-order valence-corrected chi connectivity index (χ1v) is 6.37. The fourth-order valence-electron chi connectivity index (χ4n) is 1.55. The lowest BCUT2D eigenvalue weighted by Gasteiger charge is -2.07. The summed E-state index contributed by atoms with van der Waals surface area (Å²) < 4.78 is 1.76. The van der Waals surface area contributed by atoms with E-state index in [-0.39, 0.29) is 5.75 Å². The van der Waals surface area contributed by atoms with Gasteiger partial charge in [-0.2, -0.15) is 5.26 Å². The maximum atomic E-state index is 10.6. The van der Waals surface area contributed by atoms with Crippen LogP contribution in [-0.4, -0.2) is 31.6 Å². The van der Waals surface area contributed by atoms with Crippen molar-refractivity contribution in [1.29, 1.82) is 5.26 Å². The van der Waals surface area contributed by atoms with Crippen LogP contribution >= 0.6 is 11.8 Å². The van der Waals surface area contributed by atoms with Crippen LogP contribution < -0.4 is 0 Å². The monoisotopic (exact) mass is 274 g/mol. The van der Waals surface area contributed by atoms with E-state index in [1.54, 1.807) is 35.8 Å². The number of carboxylic acids is 1. The van der Waals surface area contributed by atoms with E-state index >= 15 is 0 Å². The van der Waals surface area contributed by atoms with Gasteiger partial charge in [0.1, 0.15) is 5.82 Å². The number of carboxylic acid groups (broad SMARTS) is 1. The Balaban J connectivity index is 2.34. The molecule has 0 fully saturated rings. The molecule has 7 heteroatoms.